The number of benzene rings is 2. The van der Waals surface area contributed by atoms with Gasteiger partial charge in [0.2, 0.25) is 5.91 Å². The summed E-state index contributed by atoms with van der Waals surface area (Å²) in [4.78, 5) is 36.0. The number of primary amides is 1. The molecule has 2 aromatic rings. The van der Waals surface area contributed by atoms with Crippen molar-refractivity contribution < 1.29 is 28.2 Å². The summed E-state index contributed by atoms with van der Waals surface area (Å²) in [6.07, 6.45) is -2.65. The minimum Gasteiger partial charge on any atom is -0.462 e. The van der Waals surface area contributed by atoms with E-state index in [1.54, 1.807) is 60.7 Å². The molecule has 146 valence electrons. The number of carbonyl (C=O) groups is 3. The van der Waals surface area contributed by atoms with Crippen molar-refractivity contribution in [2.75, 3.05) is 6.61 Å². The smallest absolute Gasteiger partial charge is 0.338 e. The summed E-state index contributed by atoms with van der Waals surface area (Å²) in [7, 11) is 0. The Labute approximate surface area is 161 Å². The first-order chi connectivity index (χ1) is 13.5. The molecule has 0 radical (unpaired) electrons. The first kappa shape index (κ1) is 19.5. The third-order valence-corrected chi connectivity index (χ3v) is 4.81. The molecule has 0 unspecified atom stereocenters. The van der Waals surface area contributed by atoms with Gasteiger partial charge in [0.25, 0.3) is 0 Å². The fourth-order valence-corrected chi connectivity index (χ4v) is 3.28. The minimum absolute atomic E-state index is 0.0529. The van der Waals surface area contributed by atoms with Crippen molar-refractivity contribution in [1.82, 2.24) is 0 Å². The van der Waals surface area contributed by atoms with Gasteiger partial charge in [-0.3, -0.25) is 4.79 Å². The molecular formula is C21H20FNO5. The average molecular weight is 385 g/mol. The molecule has 2 aromatic carbocycles. The van der Waals surface area contributed by atoms with Crippen LogP contribution >= 0.6 is 0 Å². The van der Waals surface area contributed by atoms with Crippen LogP contribution in [0.5, 0.6) is 0 Å². The summed E-state index contributed by atoms with van der Waals surface area (Å²) in [5.41, 5.74) is 5.90. The zero-order chi connectivity index (χ0) is 20.1. The van der Waals surface area contributed by atoms with E-state index in [0.29, 0.717) is 11.1 Å². The number of amides is 1. The first-order valence-electron chi connectivity index (χ1n) is 8.89. The number of rotatable bonds is 6. The van der Waals surface area contributed by atoms with E-state index in [-0.39, 0.29) is 13.0 Å². The average Bonchev–Trinajstić information content (AvgIpc) is 3.03. The first-order valence-corrected chi connectivity index (χ1v) is 8.89. The molecule has 0 aliphatic heterocycles. The lowest BCUT2D eigenvalue weighted by Gasteiger charge is -2.21. The van der Waals surface area contributed by atoms with E-state index < -0.39 is 42.0 Å². The number of carbonyl (C=O) groups excluding carboxylic acids is 3. The van der Waals surface area contributed by atoms with Crippen LogP contribution in [-0.2, 0) is 14.3 Å². The van der Waals surface area contributed by atoms with Crippen LogP contribution in [0.15, 0.2) is 60.7 Å². The van der Waals surface area contributed by atoms with Gasteiger partial charge >= 0.3 is 11.9 Å². The van der Waals surface area contributed by atoms with E-state index in [4.69, 9.17) is 15.2 Å². The van der Waals surface area contributed by atoms with Gasteiger partial charge < -0.3 is 15.2 Å². The Hall–Kier alpha value is -3.22. The molecule has 0 bridgehead atoms. The molecule has 4 atom stereocenters. The second kappa shape index (κ2) is 8.65. The predicted octanol–water partition coefficient (Wildman–Crippen LogP) is 2.53. The molecular weight excluding hydrogens is 365 g/mol. The van der Waals surface area contributed by atoms with E-state index in [0.717, 1.165) is 0 Å². The van der Waals surface area contributed by atoms with Gasteiger partial charge in [0.1, 0.15) is 18.9 Å². The molecule has 0 heterocycles. The monoisotopic (exact) mass is 385 g/mol. The highest BCUT2D eigenvalue weighted by molar-refractivity contribution is 5.90. The Morgan fingerprint density at radius 1 is 0.929 bits per heavy atom. The number of ether oxygens (including phenoxy) is 2. The van der Waals surface area contributed by atoms with Gasteiger partial charge in [-0.15, -0.1) is 0 Å². The van der Waals surface area contributed by atoms with Crippen molar-refractivity contribution in [1.29, 1.82) is 0 Å². The summed E-state index contributed by atoms with van der Waals surface area (Å²) in [6, 6.07) is 16.5. The lowest BCUT2D eigenvalue weighted by molar-refractivity contribution is -0.123. The van der Waals surface area contributed by atoms with Crippen molar-refractivity contribution in [3.05, 3.63) is 71.8 Å². The Morgan fingerprint density at radius 2 is 1.46 bits per heavy atom. The van der Waals surface area contributed by atoms with Crippen molar-refractivity contribution in [3.8, 4) is 0 Å². The molecule has 6 nitrogen and oxygen atoms in total. The van der Waals surface area contributed by atoms with Gasteiger partial charge in [0.15, 0.2) is 0 Å². The van der Waals surface area contributed by atoms with Crippen molar-refractivity contribution in [3.63, 3.8) is 0 Å². The standard InChI is InChI=1S/C21H20FNO5/c22-18-15(19(23)24)11-17(28-21(26)14-9-5-2-6-10-14)16(18)12-27-20(25)13-7-3-1-4-8-13/h1-10,15-18H,11-12H2,(H2,23,24)/t15-,16+,17-,18+/m0/s1. The summed E-state index contributed by atoms with van der Waals surface area (Å²) in [5.74, 6) is -4.15. The number of alkyl halides is 1. The van der Waals surface area contributed by atoms with E-state index in [2.05, 4.69) is 0 Å². The number of nitrogens with two attached hydrogens (primary N) is 1. The van der Waals surface area contributed by atoms with Gasteiger partial charge in [0, 0.05) is 0 Å². The molecule has 2 N–H and O–H groups in total. The van der Waals surface area contributed by atoms with E-state index >= 15 is 0 Å². The second-order valence-electron chi connectivity index (χ2n) is 6.63. The maximum atomic E-state index is 14.8. The highest BCUT2D eigenvalue weighted by atomic mass is 19.1. The maximum absolute atomic E-state index is 14.8. The van der Waals surface area contributed by atoms with Crippen LogP contribution in [0.2, 0.25) is 0 Å². The molecule has 1 fully saturated rings. The highest BCUT2D eigenvalue weighted by Crippen LogP contribution is 2.37. The summed E-state index contributed by atoms with van der Waals surface area (Å²) >= 11 is 0. The number of hydrogen-bond donors (Lipinski definition) is 1. The summed E-state index contributed by atoms with van der Waals surface area (Å²) < 4.78 is 25.4. The van der Waals surface area contributed by atoms with E-state index in [1.165, 1.54) is 0 Å². The second-order valence-corrected chi connectivity index (χ2v) is 6.63. The Morgan fingerprint density at radius 3 is 2.00 bits per heavy atom. The topological polar surface area (TPSA) is 95.7 Å². The van der Waals surface area contributed by atoms with Gasteiger partial charge in [0.05, 0.1) is 23.0 Å². The van der Waals surface area contributed by atoms with E-state index in [9.17, 15) is 18.8 Å². The van der Waals surface area contributed by atoms with Gasteiger partial charge in [-0.25, -0.2) is 14.0 Å². The SMILES string of the molecule is NC(=O)[C@H]1C[C@H](OC(=O)c2ccccc2)[C@@H](COC(=O)c2ccccc2)[C@@H]1F. The number of halogens is 1. The minimum atomic E-state index is -1.67. The molecule has 7 heteroatoms. The van der Waals surface area contributed by atoms with Crippen LogP contribution < -0.4 is 5.73 Å². The summed E-state index contributed by atoms with van der Waals surface area (Å²) in [6.45, 7) is -0.328. The van der Waals surface area contributed by atoms with Gasteiger partial charge in [-0.05, 0) is 30.7 Å². The van der Waals surface area contributed by atoms with Crippen LogP contribution in [0.25, 0.3) is 0 Å². The molecule has 0 spiro atoms. The van der Waals surface area contributed by atoms with E-state index in [1.807, 2.05) is 0 Å². The highest BCUT2D eigenvalue weighted by Gasteiger charge is 2.49. The molecule has 3 rings (SSSR count). The molecule has 1 amide bonds. The largest absolute Gasteiger partial charge is 0.462 e. The molecule has 1 aliphatic carbocycles. The lowest BCUT2D eigenvalue weighted by atomic mass is 10.0. The third-order valence-electron chi connectivity index (χ3n) is 4.81. The predicted molar refractivity (Wildman–Crippen MR) is 98.1 cm³/mol. The normalized spacial score (nSPS) is 23.8. The van der Waals surface area contributed by atoms with Gasteiger partial charge in [-0.2, -0.15) is 0 Å². The van der Waals surface area contributed by atoms with Crippen molar-refractivity contribution >= 4 is 17.8 Å². The van der Waals surface area contributed by atoms with Crippen LogP contribution in [0, 0.1) is 11.8 Å². The fraction of sp³-hybridized carbons (Fsp3) is 0.286. The van der Waals surface area contributed by atoms with Crippen molar-refractivity contribution in [2.45, 2.75) is 18.7 Å². The van der Waals surface area contributed by atoms with Gasteiger partial charge in [-0.1, -0.05) is 36.4 Å². The number of hydrogen-bond acceptors (Lipinski definition) is 5. The van der Waals surface area contributed by atoms with Crippen LogP contribution in [0.3, 0.4) is 0 Å². The van der Waals surface area contributed by atoms with Crippen molar-refractivity contribution in [2.24, 2.45) is 17.6 Å². The van der Waals surface area contributed by atoms with Crippen LogP contribution in [0.4, 0.5) is 4.39 Å². The maximum Gasteiger partial charge on any atom is 0.338 e. The summed E-state index contributed by atoms with van der Waals surface area (Å²) in [5, 5.41) is 0. The van der Waals surface area contributed by atoms with Crippen LogP contribution in [-0.4, -0.2) is 36.7 Å². The lowest BCUT2D eigenvalue weighted by Crippen LogP contribution is -2.33. The molecule has 0 saturated heterocycles. The zero-order valence-corrected chi connectivity index (χ0v) is 15.0. The number of esters is 2. The molecule has 0 aromatic heterocycles. The Bertz CT molecular complexity index is 842. The molecule has 1 saturated carbocycles. The fourth-order valence-electron chi connectivity index (χ4n) is 3.28. The zero-order valence-electron chi connectivity index (χ0n) is 15.0. The third kappa shape index (κ3) is 4.36. The molecule has 1 aliphatic rings. The Balaban J connectivity index is 1.70. The molecule has 28 heavy (non-hydrogen) atoms. The van der Waals surface area contributed by atoms with Crippen LogP contribution in [0.1, 0.15) is 27.1 Å². The Kier molecular flexibility index (Phi) is 6.03. The quantitative estimate of drug-likeness (QED) is 0.771.